The zero-order valence-corrected chi connectivity index (χ0v) is 15.8. The van der Waals surface area contributed by atoms with Crippen LogP contribution in [0.2, 0.25) is 0 Å². The van der Waals surface area contributed by atoms with Crippen molar-refractivity contribution in [3.05, 3.63) is 64.5 Å². The van der Waals surface area contributed by atoms with Gasteiger partial charge in [0.1, 0.15) is 5.82 Å². The molecule has 0 fully saturated rings. The minimum atomic E-state index is -0.0753. The van der Waals surface area contributed by atoms with Gasteiger partial charge in [0.2, 0.25) is 0 Å². The topological polar surface area (TPSA) is 88.9 Å². The summed E-state index contributed by atoms with van der Waals surface area (Å²) in [6.45, 7) is 4.25. The van der Waals surface area contributed by atoms with E-state index in [4.69, 9.17) is 4.74 Å². The molecule has 8 nitrogen and oxygen atoms in total. The molecule has 1 N–H and O–H groups in total. The molecule has 2 aromatic heterocycles. The monoisotopic (exact) mass is 378 g/mol. The lowest BCUT2D eigenvalue weighted by molar-refractivity contribution is 0.0662. The van der Waals surface area contributed by atoms with Crippen LogP contribution < -0.4 is 0 Å². The number of carbonyl (C=O) groups excluding carboxylic acids is 1. The van der Waals surface area contributed by atoms with Crippen LogP contribution in [0, 0.1) is 0 Å². The van der Waals surface area contributed by atoms with Gasteiger partial charge in [0.05, 0.1) is 25.8 Å². The minimum absolute atomic E-state index is 0.0753. The van der Waals surface area contributed by atoms with Crippen molar-refractivity contribution < 1.29 is 9.53 Å². The molecular formula is C20H22N6O2. The Morgan fingerprint density at radius 2 is 2.14 bits per heavy atom. The number of amides is 1. The van der Waals surface area contributed by atoms with Gasteiger partial charge in [-0.2, -0.15) is 5.10 Å². The third kappa shape index (κ3) is 2.90. The lowest BCUT2D eigenvalue weighted by atomic mass is 10.1. The first-order chi connectivity index (χ1) is 13.7. The Kier molecular flexibility index (Phi) is 4.20. The lowest BCUT2D eigenvalue weighted by Gasteiger charge is -2.32. The molecule has 4 heterocycles. The fourth-order valence-corrected chi connectivity index (χ4v) is 4.11. The van der Waals surface area contributed by atoms with Crippen molar-refractivity contribution in [1.82, 2.24) is 29.9 Å². The molecule has 28 heavy (non-hydrogen) atoms. The Labute approximate surface area is 162 Å². The van der Waals surface area contributed by atoms with Gasteiger partial charge in [-0.15, -0.1) is 10.2 Å². The van der Waals surface area contributed by atoms with E-state index in [9.17, 15) is 4.79 Å². The van der Waals surface area contributed by atoms with E-state index in [1.54, 1.807) is 0 Å². The SMILES string of the molecule is C[C@H]1CN(C(=O)c2n[nH]c3c2COCC3)Cc2nnc(Cc3ccccc3)n21. The van der Waals surface area contributed by atoms with E-state index in [1.165, 1.54) is 5.56 Å². The third-order valence-corrected chi connectivity index (χ3v) is 5.49. The van der Waals surface area contributed by atoms with Crippen molar-refractivity contribution in [3.8, 4) is 0 Å². The van der Waals surface area contributed by atoms with Gasteiger partial charge in [-0.3, -0.25) is 9.89 Å². The van der Waals surface area contributed by atoms with Gasteiger partial charge in [0.25, 0.3) is 5.91 Å². The fraction of sp³-hybridized carbons (Fsp3) is 0.400. The zero-order valence-electron chi connectivity index (χ0n) is 15.8. The normalized spacial score (nSPS) is 18.6. The number of benzene rings is 1. The summed E-state index contributed by atoms with van der Waals surface area (Å²) < 4.78 is 7.68. The molecule has 2 aliphatic heterocycles. The molecule has 1 aromatic carbocycles. The summed E-state index contributed by atoms with van der Waals surface area (Å²) in [5.41, 5.74) is 3.57. The summed E-state index contributed by atoms with van der Waals surface area (Å²) in [4.78, 5) is 14.9. The van der Waals surface area contributed by atoms with Crippen molar-refractivity contribution >= 4 is 5.91 Å². The predicted molar refractivity (Wildman–Crippen MR) is 101 cm³/mol. The van der Waals surface area contributed by atoms with Gasteiger partial charge in [-0.1, -0.05) is 30.3 Å². The molecule has 144 valence electrons. The Bertz CT molecular complexity index is 1010. The van der Waals surface area contributed by atoms with Gasteiger partial charge in [0, 0.05) is 30.6 Å². The summed E-state index contributed by atoms with van der Waals surface area (Å²) in [5.74, 6) is 1.68. The first-order valence-electron chi connectivity index (χ1n) is 9.60. The van der Waals surface area contributed by atoms with Crippen molar-refractivity contribution in [2.45, 2.75) is 39.0 Å². The molecule has 0 saturated heterocycles. The minimum Gasteiger partial charge on any atom is -0.376 e. The quantitative estimate of drug-likeness (QED) is 0.752. The molecule has 0 aliphatic carbocycles. The van der Waals surface area contributed by atoms with Crippen LogP contribution in [0.5, 0.6) is 0 Å². The number of aromatic nitrogens is 5. The highest BCUT2D eigenvalue weighted by Crippen LogP contribution is 2.26. The summed E-state index contributed by atoms with van der Waals surface area (Å²) in [5, 5.41) is 16.0. The number of hydrogen-bond donors (Lipinski definition) is 1. The maximum absolute atomic E-state index is 13.1. The Morgan fingerprint density at radius 1 is 1.29 bits per heavy atom. The molecule has 3 aromatic rings. The first-order valence-corrected chi connectivity index (χ1v) is 9.60. The maximum Gasteiger partial charge on any atom is 0.275 e. The van der Waals surface area contributed by atoms with Crippen LogP contribution in [0.1, 0.15) is 51.9 Å². The molecule has 0 bridgehead atoms. The Balaban J connectivity index is 1.39. The second-order valence-corrected chi connectivity index (χ2v) is 7.43. The van der Waals surface area contributed by atoms with Crippen LogP contribution >= 0.6 is 0 Å². The van der Waals surface area contributed by atoms with E-state index in [0.29, 0.717) is 32.0 Å². The number of carbonyl (C=O) groups is 1. The fourth-order valence-electron chi connectivity index (χ4n) is 4.11. The second-order valence-electron chi connectivity index (χ2n) is 7.43. The van der Waals surface area contributed by atoms with Gasteiger partial charge in [-0.25, -0.2) is 0 Å². The van der Waals surface area contributed by atoms with Gasteiger partial charge in [0.15, 0.2) is 11.5 Å². The molecule has 2 aliphatic rings. The van der Waals surface area contributed by atoms with Gasteiger partial charge >= 0.3 is 0 Å². The van der Waals surface area contributed by atoms with Gasteiger partial charge in [-0.05, 0) is 12.5 Å². The van der Waals surface area contributed by atoms with Crippen molar-refractivity contribution in [2.75, 3.05) is 13.2 Å². The van der Waals surface area contributed by atoms with Crippen LogP contribution in [0.3, 0.4) is 0 Å². The summed E-state index contributed by atoms with van der Waals surface area (Å²) >= 11 is 0. The first kappa shape index (κ1) is 17.1. The number of fused-ring (bicyclic) bond motifs is 2. The molecule has 0 radical (unpaired) electrons. The smallest absolute Gasteiger partial charge is 0.275 e. The number of nitrogens with zero attached hydrogens (tertiary/aromatic N) is 5. The maximum atomic E-state index is 13.1. The molecule has 8 heteroatoms. The van der Waals surface area contributed by atoms with E-state index >= 15 is 0 Å². The highest BCUT2D eigenvalue weighted by Gasteiger charge is 2.32. The molecule has 1 atom stereocenters. The number of hydrogen-bond acceptors (Lipinski definition) is 5. The summed E-state index contributed by atoms with van der Waals surface area (Å²) in [6.07, 6.45) is 1.50. The summed E-state index contributed by atoms with van der Waals surface area (Å²) in [6, 6.07) is 10.4. The van der Waals surface area contributed by atoms with E-state index in [2.05, 4.69) is 44.0 Å². The molecule has 0 unspecified atom stereocenters. The lowest BCUT2D eigenvalue weighted by Crippen LogP contribution is -2.41. The van der Waals surface area contributed by atoms with Gasteiger partial charge < -0.3 is 14.2 Å². The average molecular weight is 378 g/mol. The van der Waals surface area contributed by atoms with Crippen LogP contribution in [0.25, 0.3) is 0 Å². The van der Waals surface area contributed by atoms with Crippen molar-refractivity contribution in [3.63, 3.8) is 0 Å². The standard InChI is InChI=1S/C20H22N6O2/c1-13-10-25(20(27)19-15-12-28-8-7-16(15)21-24-19)11-18-23-22-17(26(13)18)9-14-5-3-2-4-6-14/h2-6,13H,7-12H2,1H3,(H,21,24)/t13-/m0/s1. The Morgan fingerprint density at radius 3 is 3.00 bits per heavy atom. The highest BCUT2D eigenvalue weighted by molar-refractivity contribution is 5.94. The number of aromatic amines is 1. The van der Waals surface area contributed by atoms with E-state index in [0.717, 1.165) is 35.7 Å². The average Bonchev–Trinajstić information content (AvgIpc) is 3.33. The summed E-state index contributed by atoms with van der Waals surface area (Å²) in [7, 11) is 0. The van der Waals surface area contributed by atoms with Crippen LogP contribution in [-0.2, 0) is 30.7 Å². The largest absolute Gasteiger partial charge is 0.376 e. The molecule has 1 amide bonds. The molecule has 0 saturated carbocycles. The van der Waals surface area contributed by atoms with E-state index in [1.807, 2.05) is 23.1 Å². The third-order valence-electron chi connectivity index (χ3n) is 5.49. The van der Waals surface area contributed by atoms with Crippen molar-refractivity contribution in [2.24, 2.45) is 0 Å². The van der Waals surface area contributed by atoms with Crippen LogP contribution in [0.4, 0.5) is 0 Å². The predicted octanol–water partition coefficient (Wildman–Crippen LogP) is 1.88. The van der Waals surface area contributed by atoms with Crippen LogP contribution in [0.15, 0.2) is 30.3 Å². The van der Waals surface area contributed by atoms with E-state index in [-0.39, 0.29) is 11.9 Å². The number of H-pyrrole nitrogens is 1. The van der Waals surface area contributed by atoms with Crippen LogP contribution in [-0.4, -0.2) is 48.9 Å². The zero-order chi connectivity index (χ0) is 19.1. The highest BCUT2D eigenvalue weighted by atomic mass is 16.5. The Hall–Kier alpha value is -3.00. The molecule has 5 rings (SSSR count). The number of nitrogens with one attached hydrogen (secondary N) is 1. The van der Waals surface area contributed by atoms with Crippen molar-refractivity contribution in [1.29, 1.82) is 0 Å². The number of ether oxygens (including phenoxy) is 1. The molecular weight excluding hydrogens is 356 g/mol. The second kappa shape index (κ2) is 6.87. The molecule has 0 spiro atoms. The van der Waals surface area contributed by atoms with E-state index < -0.39 is 0 Å². The number of rotatable bonds is 3.